The summed E-state index contributed by atoms with van der Waals surface area (Å²) in [6.07, 6.45) is 2.33. The van der Waals surface area contributed by atoms with Gasteiger partial charge in [-0.25, -0.2) is 4.98 Å². The van der Waals surface area contributed by atoms with Crippen LogP contribution in [0.1, 0.15) is 13.8 Å². The minimum absolute atomic E-state index is 0.0436. The van der Waals surface area contributed by atoms with E-state index >= 15 is 0 Å². The third-order valence-electron chi connectivity index (χ3n) is 2.46. The Labute approximate surface area is 114 Å². The van der Waals surface area contributed by atoms with E-state index in [0.717, 1.165) is 0 Å². The predicted molar refractivity (Wildman–Crippen MR) is 69.1 cm³/mol. The van der Waals surface area contributed by atoms with Crippen molar-refractivity contribution in [2.45, 2.75) is 20.0 Å². The molecule has 2 aromatic heterocycles. The molecule has 2 heterocycles. The van der Waals surface area contributed by atoms with Crippen LogP contribution in [0.3, 0.4) is 0 Å². The van der Waals surface area contributed by atoms with Gasteiger partial charge in [0.2, 0.25) is 11.2 Å². The summed E-state index contributed by atoms with van der Waals surface area (Å²) in [7, 11) is 0. The molecule has 102 valence electrons. The SMILES string of the molecule is CC(C)C(O)CNc1nc(Cl)nc(-n2cncn2)n1. The Balaban J connectivity index is 2.13. The summed E-state index contributed by atoms with van der Waals surface area (Å²) in [5.74, 6) is 0.684. The second-order valence-electron chi connectivity index (χ2n) is 4.26. The predicted octanol–water partition coefficient (Wildman–Crippen LogP) is 0.534. The van der Waals surface area contributed by atoms with Crippen LogP contribution < -0.4 is 5.32 Å². The van der Waals surface area contributed by atoms with Crippen molar-refractivity contribution in [2.75, 3.05) is 11.9 Å². The van der Waals surface area contributed by atoms with Gasteiger partial charge in [-0.3, -0.25) is 0 Å². The Bertz CT molecular complexity index is 531. The first-order valence-corrected chi connectivity index (χ1v) is 6.12. The maximum Gasteiger partial charge on any atom is 0.258 e. The second kappa shape index (κ2) is 5.89. The number of aliphatic hydroxyl groups is 1. The quantitative estimate of drug-likeness (QED) is 0.825. The van der Waals surface area contributed by atoms with Crippen molar-refractivity contribution in [3.05, 3.63) is 17.9 Å². The van der Waals surface area contributed by atoms with Gasteiger partial charge in [-0.1, -0.05) is 13.8 Å². The van der Waals surface area contributed by atoms with Gasteiger partial charge in [0.1, 0.15) is 12.7 Å². The first-order valence-electron chi connectivity index (χ1n) is 5.75. The van der Waals surface area contributed by atoms with Crippen molar-refractivity contribution < 1.29 is 5.11 Å². The Morgan fingerprint density at radius 1 is 1.37 bits per heavy atom. The van der Waals surface area contributed by atoms with E-state index in [-0.39, 0.29) is 23.1 Å². The van der Waals surface area contributed by atoms with Crippen LogP contribution in [0.4, 0.5) is 5.95 Å². The fraction of sp³-hybridized carbons (Fsp3) is 0.500. The molecule has 0 aromatic carbocycles. The fourth-order valence-electron chi connectivity index (χ4n) is 1.26. The van der Waals surface area contributed by atoms with Crippen molar-refractivity contribution in [1.82, 2.24) is 29.7 Å². The zero-order valence-corrected chi connectivity index (χ0v) is 11.3. The summed E-state index contributed by atoms with van der Waals surface area (Å²) in [5.41, 5.74) is 0. The molecule has 0 amide bonds. The summed E-state index contributed by atoms with van der Waals surface area (Å²) in [4.78, 5) is 15.8. The van der Waals surface area contributed by atoms with E-state index in [9.17, 15) is 5.11 Å². The van der Waals surface area contributed by atoms with Gasteiger partial charge < -0.3 is 10.4 Å². The average molecular weight is 284 g/mol. The highest BCUT2D eigenvalue weighted by atomic mass is 35.5. The number of hydrogen-bond donors (Lipinski definition) is 2. The van der Waals surface area contributed by atoms with Crippen molar-refractivity contribution in [3.8, 4) is 5.95 Å². The van der Waals surface area contributed by atoms with Crippen molar-refractivity contribution in [3.63, 3.8) is 0 Å². The van der Waals surface area contributed by atoms with E-state index in [1.807, 2.05) is 13.8 Å². The molecule has 8 nitrogen and oxygen atoms in total. The van der Waals surface area contributed by atoms with Crippen LogP contribution in [0, 0.1) is 5.92 Å². The molecule has 0 aliphatic heterocycles. The van der Waals surface area contributed by atoms with E-state index in [0.29, 0.717) is 6.54 Å². The van der Waals surface area contributed by atoms with E-state index in [1.165, 1.54) is 17.3 Å². The molecule has 0 fully saturated rings. The lowest BCUT2D eigenvalue weighted by atomic mass is 10.1. The summed E-state index contributed by atoms with van der Waals surface area (Å²) >= 11 is 5.82. The number of aromatic nitrogens is 6. The molecule has 9 heteroatoms. The monoisotopic (exact) mass is 283 g/mol. The lowest BCUT2D eigenvalue weighted by molar-refractivity contribution is 0.137. The molecule has 0 spiro atoms. The normalized spacial score (nSPS) is 12.7. The van der Waals surface area contributed by atoms with Gasteiger partial charge in [0, 0.05) is 6.54 Å². The van der Waals surface area contributed by atoms with Crippen LogP contribution in [-0.2, 0) is 0 Å². The molecule has 0 bridgehead atoms. The van der Waals surface area contributed by atoms with Crippen molar-refractivity contribution >= 4 is 17.5 Å². The third kappa shape index (κ3) is 3.58. The number of halogens is 1. The zero-order valence-electron chi connectivity index (χ0n) is 10.5. The molecule has 2 rings (SSSR count). The molecule has 0 aliphatic carbocycles. The zero-order chi connectivity index (χ0) is 13.8. The van der Waals surface area contributed by atoms with Gasteiger partial charge in [-0.2, -0.15) is 24.7 Å². The molecule has 0 saturated carbocycles. The minimum atomic E-state index is -0.495. The average Bonchev–Trinajstić information content (AvgIpc) is 2.89. The highest BCUT2D eigenvalue weighted by Crippen LogP contribution is 2.09. The van der Waals surface area contributed by atoms with Crippen LogP contribution >= 0.6 is 11.6 Å². The Morgan fingerprint density at radius 3 is 2.79 bits per heavy atom. The van der Waals surface area contributed by atoms with E-state index in [1.54, 1.807) is 0 Å². The first kappa shape index (κ1) is 13.6. The van der Waals surface area contributed by atoms with Crippen molar-refractivity contribution in [2.24, 2.45) is 5.92 Å². The summed E-state index contributed by atoms with van der Waals surface area (Å²) in [6, 6.07) is 0. The molecule has 0 radical (unpaired) electrons. The summed E-state index contributed by atoms with van der Waals surface area (Å²) in [5, 5.41) is 16.6. The maximum absolute atomic E-state index is 9.72. The van der Waals surface area contributed by atoms with Crippen LogP contribution in [0.2, 0.25) is 5.28 Å². The highest BCUT2D eigenvalue weighted by Gasteiger charge is 2.11. The van der Waals surface area contributed by atoms with Crippen molar-refractivity contribution in [1.29, 1.82) is 0 Å². The minimum Gasteiger partial charge on any atom is -0.391 e. The van der Waals surface area contributed by atoms with Gasteiger partial charge in [-0.05, 0) is 17.5 Å². The molecule has 1 unspecified atom stereocenters. The van der Waals surface area contributed by atoms with E-state index < -0.39 is 6.10 Å². The van der Waals surface area contributed by atoms with Crippen LogP contribution in [0.25, 0.3) is 5.95 Å². The largest absolute Gasteiger partial charge is 0.391 e. The Morgan fingerprint density at radius 2 is 2.16 bits per heavy atom. The Kier molecular flexibility index (Phi) is 4.23. The van der Waals surface area contributed by atoms with Gasteiger partial charge >= 0.3 is 0 Å². The Hall–Kier alpha value is -1.80. The molecular formula is C10H14ClN7O. The summed E-state index contributed by atoms with van der Waals surface area (Å²) in [6.45, 7) is 4.18. The standard InChI is InChI=1S/C10H14ClN7O/c1-6(2)7(19)3-13-9-15-8(11)16-10(17-9)18-5-12-4-14-18/h4-7,19H,3H2,1-2H3,(H,13,15,16,17). The summed E-state index contributed by atoms with van der Waals surface area (Å²) < 4.78 is 1.37. The third-order valence-corrected chi connectivity index (χ3v) is 2.63. The number of anilines is 1. The van der Waals surface area contributed by atoms with Crippen LogP contribution in [0.15, 0.2) is 12.7 Å². The molecule has 2 aromatic rings. The molecule has 2 N–H and O–H groups in total. The molecule has 19 heavy (non-hydrogen) atoms. The first-order chi connectivity index (χ1) is 9.06. The number of nitrogens with zero attached hydrogens (tertiary/aromatic N) is 6. The van der Waals surface area contributed by atoms with E-state index in [2.05, 4.69) is 30.4 Å². The molecule has 1 atom stereocenters. The molecule has 0 saturated heterocycles. The number of rotatable bonds is 5. The second-order valence-corrected chi connectivity index (χ2v) is 4.60. The van der Waals surface area contributed by atoms with Gasteiger partial charge in [0.05, 0.1) is 6.10 Å². The molecular weight excluding hydrogens is 270 g/mol. The van der Waals surface area contributed by atoms with Gasteiger partial charge in [0.15, 0.2) is 0 Å². The van der Waals surface area contributed by atoms with Gasteiger partial charge in [0.25, 0.3) is 5.95 Å². The smallest absolute Gasteiger partial charge is 0.258 e. The number of aliphatic hydroxyl groups excluding tert-OH is 1. The fourth-order valence-corrected chi connectivity index (χ4v) is 1.42. The van der Waals surface area contributed by atoms with Gasteiger partial charge in [-0.15, -0.1) is 0 Å². The van der Waals surface area contributed by atoms with Crippen LogP contribution in [-0.4, -0.2) is 47.5 Å². The molecule has 0 aliphatic rings. The number of hydrogen-bond acceptors (Lipinski definition) is 7. The lowest BCUT2D eigenvalue weighted by Gasteiger charge is -2.15. The highest BCUT2D eigenvalue weighted by molar-refractivity contribution is 6.28. The van der Waals surface area contributed by atoms with E-state index in [4.69, 9.17) is 11.6 Å². The lowest BCUT2D eigenvalue weighted by Crippen LogP contribution is -2.25. The van der Waals surface area contributed by atoms with Crippen LogP contribution in [0.5, 0.6) is 0 Å². The maximum atomic E-state index is 9.72. The topological polar surface area (TPSA) is 102 Å². The number of nitrogens with one attached hydrogen (secondary N) is 1.